The fourth-order valence-corrected chi connectivity index (χ4v) is 8.37. The van der Waals surface area contributed by atoms with E-state index in [1.807, 2.05) is 66.7 Å². The maximum Gasteiger partial charge on any atom is 0.144 e. The monoisotopic (exact) mass is 636 g/mol. The molecular formula is C46H28OS. The third-order valence-corrected chi connectivity index (χ3v) is 10.3. The highest BCUT2D eigenvalue weighted by Gasteiger charge is 2.24. The maximum atomic E-state index is 9.42. The molecule has 0 fully saturated rings. The molecule has 8 aromatic carbocycles. The first kappa shape index (κ1) is 20.3. The first-order chi connectivity index (χ1) is 27.2. The molecule has 1 nitrogen and oxygen atoms in total. The molecule has 224 valence electrons. The molecule has 0 aliphatic heterocycles. The second-order valence-corrected chi connectivity index (χ2v) is 12.8. The molecule has 10 rings (SSSR count). The van der Waals surface area contributed by atoms with Crippen LogP contribution in [0.2, 0.25) is 0 Å². The molecule has 2 heteroatoms. The molecule has 2 heterocycles. The summed E-state index contributed by atoms with van der Waals surface area (Å²) in [7, 11) is 0. The van der Waals surface area contributed by atoms with Crippen LogP contribution in [0.25, 0.3) is 97.4 Å². The summed E-state index contributed by atoms with van der Waals surface area (Å²) >= 11 is 1.68. The predicted molar refractivity (Wildman–Crippen MR) is 206 cm³/mol. The first-order valence-corrected chi connectivity index (χ1v) is 16.5. The van der Waals surface area contributed by atoms with Crippen molar-refractivity contribution in [2.45, 2.75) is 0 Å². The topological polar surface area (TPSA) is 13.1 Å². The van der Waals surface area contributed by atoms with Crippen LogP contribution in [0.4, 0.5) is 0 Å². The molecule has 0 bridgehead atoms. The summed E-state index contributed by atoms with van der Waals surface area (Å²) in [6, 6.07) is 36.2. The van der Waals surface area contributed by atoms with E-state index in [1.54, 1.807) is 35.6 Å². The highest BCUT2D eigenvalue weighted by atomic mass is 32.1. The zero-order chi connectivity index (χ0) is 38.6. The quantitative estimate of drug-likeness (QED) is 0.175. The Labute approximate surface area is 293 Å². The van der Waals surface area contributed by atoms with Gasteiger partial charge in [-0.25, -0.2) is 0 Å². The number of fused-ring (bicyclic) bond motifs is 7. The van der Waals surface area contributed by atoms with E-state index in [0.717, 1.165) is 37.0 Å². The SMILES string of the molecule is [2H]c1c([2H])c([2H])c2c(-c3cccc4oc5c(ccc6sc(-c7ccccc7)c(-c7ccccc7)c65)c34)c3c([2H])c([2H])c([2H])c([2H])c3c(-c3ccccc3)c2c1[2H]. The van der Waals surface area contributed by atoms with Gasteiger partial charge >= 0.3 is 0 Å². The van der Waals surface area contributed by atoms with Crippen LogP contribution >= 0.6 is 11.3 Å². The maximum absolute atomic E-state index is 9.42. The van der Waals surface area contributed by atoms with Crippen molar-refractivity contribution in [2.75, 3.05) is 0 Å². The van der Waals surface area contributed by atoms with Gasteiger partial charge in [0.25, 0.3) is 0 Å². The zero-order valence-corrected chi connectivity index (χ0v) is 26.2. The van der Waals surface area contributed by atoms with Gasteiger partial charge in [0.2, 0.25) is 0 Å². The Kier molecular flexibility index (Phi) is 4.57. The van der Waals surface area contributed by atoms with Crippen LogP contribution in [0.3, 0.4) is 0 Å². The van der Waals surface area contributed by atoms with Crippen LogP contribution in [0.1, 0.15) is 11.0 Å². The molecule has 0 radical (unpaired) electrons. The summed E-state index contributed by atoms with van der Waals surface area (Å²) < 4.78 is 80.6. The van der Waals surface area contributed by atoms with Crippen molar-refractivity contribution in [3.63, 3.8) is 0 Å². The van der Waals surface area contributed by atoms with Crippen molar-refractivity contribution in [3.05, 3.63) is 170 Å². The Bertz CT molecular complexity index is 3180. The second-order valence-electron chi connectivity index (χ2n) is 11.8. The lowest BCUT2D eigenvalue weighted by Crippen LogP contribution is -1.91. The molecule has 0 unspecified atom stereocenters. The fraction of sp³-hybridized carbons (Fsp3) is 0. The van der Waals surface area contributed by atoms with Gasteiger partial charge in [0, 0.05) is 31.3 Å². The minimum absolute atomic E-state index is 0.169. The number of hydrogen-bond acceptors (Lipinski definition) is 2. The average Bonchev–Trinajstić information content (AvgIpc) is 3.82. The minimum Gasteiger partial charge on any atom is -0.455 e. The molecule has 10 aromatic rings. The van der Waals surface area contributed by atoms with Crippen molar-refractivity contribution < 1.29 is 15.4 Å². The summed E-state index contributed by atoms with van der Waals surface area (Å²) in [6.45, 7) is 0. The number of hydrogen-bond donors (Lipinski definition) is 0. The smallest absolute Gasteiger partial charge is 0.144 e. The van der Waals surface area contributed by atoms with Crippen LogP contribution in [0.15, 0.2) is 174 Å². The Balaban J connectivity index is 1.43. The van der Waals surface area contributed by atoms with Crippen molar-refractivity contribution in [1.82, 2.24) is 0 Å². The fourth-order valence-electron chi connectivity index (χ4n) is 7.14. The average molecular weight is 637 g/mol. The summed E-state index contributed by atoms with van der Waals surface area (Å²) in [4.78, 5) is 1.10. The van der Waals surface area contributed by atoms with Gasteiger partial charge in [-0.1, -0.05) is 151 Å². The zero-order valence-electron chi connectivity index (χ0n) is 33.4. The van der Waals surface area contributed by atoms with E-state index >= 15 is 0 Å². The molecule has 0 atom stereocenters. The van der Waals surface area contributed by atoms with Gasteiger partial charge in [0.15, 0.2) is 0 Å². The van der Waals surface area contributed by atoms with Crippen LogP contribution < -0.4 is 0 Å². The second kappa shape index (κ2) is 10.8. The molecule has 0 saturated carbocycles. The predicted octanol–water partition coefficient (Wildman–Crippen LogP) is 13.8. The summed E-state index contributed by atoms with van der Waals surface area (Å²) in [5.74, 6) is 0. The van der Waals surface area contributed by atoms with E-state index in [1.165, 1.54) is 0 Å². The molecular weight excluding hydrogens is 601 g/mol. The standard InChI is InChI=1S/C46H28OS/c1-4-15-29(16-5-1)40-32-21-10-12-23-34(32)42(35-24-13-11-22-33(35)40)36-25-14-26-38-43(36)37-27-28-39-44(45(37)47-38)41(30-17-6-2-7-18-30)46(48-39)31-19-8-3-9-20-31/h1-28H/i10D,11D,12D,13D,21D,22D,23D,24D. The van der Waals surface area contributed by atoms with Gasteiger partial charge in [-0.15, -0.1) is 11.3 Å². The Morgan fingerprint density at radius 1 is 0.438 bits per heavy atom. The highest BCUT2D eigenvalue weighted by Crippen LogP contribution is 2.51. The Hall–Kier alpha value is -5.96. The van der Waals surface area contributed by atoms with Gasteiger partial charge < -0.3 is 4.42 Å². The summed E-state index contributed by atoms with van der Waals surface area (Å²) in [5, 5.41) is 3.08. The third-order valence-electron chi connectivity index (χ3n) is 9.12. The molecule has 0 amide bonds. The Morgan fingerprint density at radius 3 is 1.58 bits per heavy atom. The van der Waals surface area contributed by atoms with Crippen LogP contribution in [-0.2, 0) is 0 Å². The number of thiophene rings is 1. The van der Waals surface area contributed by atoms with Gasteiger partial charge in [-0.2, -0.15) is 0 Å². The molecule has 0 aliphatic carbocycles. The highest BCUT2D eigenvalue weighted by molar-refractivity contribution is 7.23. The van der Waals surface area contributed by atoms with Crippen LogP contribution in [0.5, 0.6) is 0 Å². The number of furan rings is 1. The van der Waals surface area contributed by atoms with Crippen LogP contribution in [0, 0.1) is 0 Å². The molecule has 0 aliphatic rings. The van der Waals surface area contributed by atoms with E-state index in [2.05, 4.69) is 30.3 Å². The van der Waals surface area contributed by atoms with Gasteiger partial charge in [-0.3, -0.25) is 0 Å². The number of benzene rings is 8. The molecule has 0 saturated heterocycles. The van der Waals surface area contributed by atoms with E-state index in [-0.39, 0.29) is 45.7 Å². The van der Waals surface area contributed by atoms with Crippen molar-refractivity contribution in [1.29, 1.82) is 0 Å². The lowest BCUT2D eigenvalue weighted by Gasteiger charge is -2.18. The van der Waals surface area contributed by atoms with Gasteiger partial charge in [0.1, 0.15) is 11.2 Å². The third kappa shape index (κ3) is 4.03. The molecule has 0 spiro atoms. The summed E-state index contributed by atoms with van der Waals surface area (Å²) in [6.07, 6.45) is 0. The van der Waals surface area contributed by atoms with Gasteiger partial charge in [0.05, 0.1) is 11.0 Å². The summed E-state index contributed by atoms with van der Waals surface area (Å²) in [5.41, 5.74) is 6.05. The lowest BCUT2D eigenvalue weighted by atomic mass is 9.85. The normalized spacial score (nSPS) is 14.1. The molecule has 0 N–H and O–H groups in total. The van der Waals surface area contributed by atoms with Crippen molar-refractivity contribution in [2.24, 2.45) is 0 Å². The molecule has 2 aromatic heterocycles. The van der Waals surface area contributed by atoms with E-state index in [9.17, 15) is 5.48 Å². The lowest BCUT2D eigenvalue weighted by molar-refractivity contribution is 0.673. The minimum atomic E-state index is -0.437. The van der Waals surface area contributed by atoms with Crippen molar-refractivity contribution in [3.8, 4) is 43.8 Å². The largest absolute Gasteiger partial charge is 0.455 e. The van der Waals surface area contributed by atoms with Gasteiger partial charge in [-0.05, 0) is 73.1 Å². The first-order valence-electron chi connectivity index (χ1n) is 19.7. The van der Waals surface area contributed by atoms with Crippen molar-refractivity contribution >= 4 is 64.9 Å². The Morgan fingerprint density at radius 2 is 0.979 bits per heavy atom. The van der Waals surface area contributed by atoms with E-state index in [4.69, 9.17) is 9.90 Å². The molecule has 48 heavy (non-hydrogen) atoms. The van der Waals surface area contributed by atoms with E-state index in [0.29, 0.717) is 38.8 Å². The van der Waals surface area contributed by atoms with Crippen LogP contribution in [-0.4, -0.2) is 0 Å². The van der Waals surface area contributed by atoms with E-state index < -0.39 is 24.2 Å². The number of rotatable bonds is 4.